The number of non-ortho nitro benzene ring substituents is 1. The van der Waals surface area contributed by atoms with Gasteiger partial charge < -0.3 is 10.6 Å². The van der Waals surface area contributed by atoms with Gasteiger partial charge in [-0.3, -0.25) is 14.9 Å². The number of amides is 1. The summed E-state index contributed by atoms with van der Waals surface area (Å²) in [5, 5.41) is 12.1. The summed E-state index contributed by atoms with van der Waals surface area (Å²) in [7, 11) is 0. The monoisotopic (exact) mass is 328 g/mol. The van der Waals surface area contributed by atoms with Crippen molar-refractivity contribution in [3.05, 3.63) is 40.1 Å². The normalized spacial score (nSPS) is 17.9. The Hall–Kier alpha value is -2.70. The lowest BCUT2D eigenvalue weighted by molar-refractivity contribution is -0.383. The number of anilines is 1. The van der Waals surface area contributed by atoms with Gasteiger partial charge in [0.15, 0.2) is 5.52 Å². The number of piperidine rings is 1. The van der Waals surface area contributed by atoms with E-state index in [0.717, 1.165) is 42.7 Å². The maximum atomic E-state index is 11.3. The number of aromatic nitrogens is 1. The molecular weight excluding hydrogens is 308 g/mol. The molecule has 1 saturated heterocycles. The standard InChI is InChI=1S/C17H20N4O3/c1-11-8-15(20-7-3-4-12(10-20)9-16(18)22)13-5-2-6-14(21(23)24)17(13)19-11/h2,5-6,8,12H,3-4,7,9-10H2,1H3,(H2,18,22)/t12-/m1/s1. The van der Waals surface area contributed by atoms with Gasteiger partial charge in [0.2, 0.25) is 5.91 Å². The summed E-state index contributed by atoms with van der Waals surface area (Å²) in [6, 6.07) is 6.98. The number of rotatable bonds is 4. The molecule has 1 aliphatic heterocycles. The zero-order valence-corrected chi connectivity index (χ0v) is 13.6. The van der Waals surface area contributed by atoms with Crippen molar-refractivity contribution in [3.63, 3.8) is 0 Å². The van der Waals surface area contributed by atoms with Crippen LogP contribution in [0.2, 0.25) is 0 Å². The summed E-state index contributed by atoms with van der Waals surface area (Å²) < 4.78 is 0. The van der Waals surface area contributed by atoms with E-state index in [1.807, 2.05) is 19.1 Å². The summed E-state index contributed by atoms with van der Waals surface area (Å²) in [6.45, 7) is 3.42. The third-order valence-corrected chi connectivity index (χ3v) is 4.47. The van der Waals surface area contributed by atoms with Gasteiger partial charge in [-0.1, -0.05) is 12.1 Å². The molecule has 0 aliphatic carbocycles. The molecule has 0 spiro atoms. The largest absolute Gasteiger partial charge is 0.371 e. The zero-order chi connectivity index (χ0) is 17.3. The molecule has 1 amide bonds. The van der Waals surface area contributed by atoms with E-state index in [1.54, 1.807) is 6.07 Å². The van der Waals surface area contributed by atoms with Crippen LogP contribution < -0.4 is 10.6 Å². The Bertz CT molecular complexity index is 806. The number of pyridine rings is 1. The van der Waals surface area contributed by atoms with E-state index in [0.29, 0.717) is 11.9 Å². The minimum absolute atomic E-state index is 0.0168. The zero-order valence-electron chi connectivity index (χ0n) is 13.6. The molecule has 2 heterocycles. The highest BCUT2D eigenvalue weighted by Gasteiger charge is 2.24. The van der Waals surface area contributed by atoms with Crippen LogP contribution in [0.1, 0.15) is 25.0 Å². The third kappa shape index (κ3) is 3.15. The summed E-state index contributed by atoms with van der Waals surface area (Å²) in [4.78, 5) is 28.7. The molecule has 1 aromatic heterocycles. The molecule has 0 saturated carbocycles. The fourth-order valence-electron chi connectivity index (χ4n) is 3.48. The second-order valence-corrected chi connectivity index (χ2v) is 6.34. The number of carbonyl (C=O) groups excluding carboxylic acids is 1. The second kappa shape index (κ2) is 6.43. The minimum Gasteiger partial charge on any atom is -0.371 e. The van der Waals surface area contributed by atoms with E-state index in [2.05, 4.69) is 9.88 Å². The average molecular weight is 328 g/mol. The number of hydrogen-bond acceptors (Lipinski definition) is 5. The van der Waals surface area contributed by atoms with E-state index >= 15 is 0 Å². The first kappa shape index (κ1) is 16.2. The van der Waals surface area contributed by atoms with Crippen molar-refractivity contribution < 1.29 is 9.72 Å². The predicted octanol–water partition coefficient (Wildman–Crippen LogP) is 2.54. The predicted molar refractivity (Wildman–Crippen MR) is 91.9 cm³/mol. The van der Waals surface area contributed by atoms with Gasteiger partial charge in [0, 0.05) is 42.3 Å². The highest BCUT2D eigenvalue weighted by atomic mass is 16.6. The van der Waals surface area contributed by atoms with Crippen LogP contribution in [-0.4, -0.2) is 28.9 Å². The number of aryl methyl sites for hydroxylation is 1. The Morgan fingerprint density at radius 3 is 3.00 bits per heavy atom. The molecule has 0 unspecified atom stereocenters. The molecular formula is C17H20N4O3. The van der Waals surface area contributed by atoms with Crippen molar-refractivity contribution in [2.75, 3.05) is 18.0 Å². The fourth-order valence-corrected chi connectivity index (χ4v) is 3.48. The number of nitro benzene ring substituents is 1. The number of primary amides is 1. The molecule has 24 heavy (non-hydrogen) atoms. The highest BCUT2D eigenvalue weighted by molar-refractivity contribution is 5.97. The minimum atomic E-state index is -0.398. The van der Waals surface area contributed by atoms with Crippen molar-refractivity contribution in [1.82, 2.24) is 4.98 Å². The maximum absolute atomic E-state index is 11.3. The molecule has 0 bridgehead atoms. The van der Waals surface area contributed by atoms with Crippen LogP contribution in [0.5, 0.6) is 0 Å². The van der Waals surface area contributed by atoms with E-state index < -0.39 is 4.92 Å². The quantitative estimate of drug-likeness (QED) is 0.686. The number of nitrogens with two attached hydrogens (primary N) is 1. The van der Waals surface area contributed by atoms with E-state index in [4.69, 9.17) is 5.73 Å². The lowest BCUT2D eigenvalue weighted by Crippen LogP contribution is -2.37. The molecule has 1 aliphatic rings. The number of fused-ring (bicyclic) bond motifs is 1. The van der Waals surface area contributed by atoms with Crippen LogP contribution in [-0.2, 0) is 4.79 Å². The average Bonchev–Trinajstić information content (AvgIpc) is 2.53. The van der Waals surface area contributed by atoms with Gasteiger partial charge in [-0.05, 0) is 31.7 Å². The van der Waals surface area contributed by atoms with Gasteiger partial charge >= 0.3 is 0 Å². The van der Waals surface area contributed by atoms with Gasteiger partial charge in [-0.25, -0.2) is 4.98 Å². The van der Waals surface area contributed by atoms with Gasteiger partial charge in [0.25, 0.3) is 5.69 Å². The Balaban J connectivity index is 2.04. The smallest absolute Gasteiger partial charge is 0.295 e. The Kier molecular flexibility index (Phi) is 4.33. The summed E-state index contributed by atoms with van der Waals surface area (Å²) in [5.41, 5.74) is 7.44. The second-order valence-electron chi connectivity index (χ2n) is 6.34. The molecule has 1 aromatic carbocycles. The summed E-state index contributed by atoms with van der Waals surface area (Å²) >= 11 is 0. The highest BCUT2D eigenvalue weighted by Crippen LogP contribution is 2.34. The Morgan fingerprint density at radius 1 is 1.50 bits per heavy atom. The SMILES string of the molecule is Cc1cc(N2CCC[C@H](CC(N)=O)C2)c2cccc([N+](=O)[O-])c2n1. The van der Waals surface area contributed by atoms with E-state index in [-0.39, 0.29) is 17.5 Å². The molecule has 7 heteroatoms. The van der Waals surface area contributed by atoms with Crippen molar-refractivity contribution >= 4 is 28.2 Å². The number of hydrogen-bond donors (Lipinski definition) is 1. The lowest BCUT2D eigenvalue weighted by Gasteiger charge is -2.34. The van der Waals surface area contributed by atoms with Crippen LogP contribution in [0.4, 0.5) is 11.4 Å². The summed E-state index contributed by atoms with van der Waals surface area (Å²) in [6.07, 6.45) is 2.32. The number of nitro groups is 1. The molecule has 1 fully saturated rings. The van der Waals surface area contributed by atoms with Gasteiger partial charge in [0.1, 0.15) is 0 Å². The first-order valence-electron chi connectivity index (χ1n) is 8.03. The van der Waals surface area contributed by atoms with Crippen LogP contribution in [0, 0.1) is 23.0 Å². The van der Waals surface area contributed by atoms with Gasteiger partial charge in [-0.15, -0.1) is 0 Å². The molecule has 2 N–H and O–H groups in total. The molecule has 7 nitrogen and oxygen atoms in total. The Labute approximate surface area is 139 Å². The number of carbonyl (C=O) groups is 1. The number of para-hydroxylation sites is 1. The number of nitrogens with zero attached hydrogens (tertiary/aromatic N) is 3. The number of benzene rings is 1. The molecule has 126 valence electrons. The van der Waals surface area contributed by atoms with Crippen molar-refractivity contribution in [2.24, 2.45) is 11.7 Å². The molecule has 3 rings (SSSR count). The first-order valence-corrected chi connectivity index (χ1v) is 8.03. The third-order valence-electron chi connectivity index (χ3n) is 4.47. The van der Waals surface area contributed by atoms with Gasteiger partial charge in [-0.2, -0.15) is 0 Å². The van der Waals surface area contributed by atoms with Crippen LogP contribution in [0.25, 0.3) is 10.9 Å². The Morgan fingerprint density at radius 2 is 2.29 bits per heavy atom. The molecule has 2 aromatic rings. The van der Waals surface area contributed by atoms with Crippen molar-refractivity contribution in [2.45, 2.75) is 26.2 Å². The van der Waals surface area contributed by atoms with Gasteiger partial charge in [0.05, 0.1) is 4.92 Å². The van der Waals surface area contributed by atoms with E-state index in [1.165, 1.54) is 6.07 Å². The van der Waals surface area contributed by atoms with Crippen LogP contribution >= 0.6 is 0 Å². The fraction of sp³-hybridized carbons (Fsp3) is 0.412. The summed E-state index contributed by atoms with van der Waals surface area (Å²) in [5.74, 6) is -0.0632. The van der Waals surface area contributed by atoms with E-state index in [9.17, 15) is 14.9 Å². The molecule has 0 radical (unpaired) electrons. The van der Waals surface area contributed by atoms with Crippen molar-refractivity contribution in [1.29, 1.82) is 0 Å². The lowest BCUT2D eigenvalue weighted by atomic mass is 9.93. The van der Waals surface area contributed by atoms with Crippen LogP contribution in [0.15, 0.2) is 24.3 Å². The van der Waals surface area contributed by atoms with Crippen molar-refractivity contribution in [3.8, 4) is 0 Å². The topological polar surface area (TPSA) is 102 Å². The van der Waals surface area contributed by atoms with Crippen LogP contribution in [0.3, 0.4) is 0 Å². The maximum Gasteiger partial charge on any atom is 0.295 e. The first-order chi connectivity index (χ1) is 11.5. The molecule has 1 atom stereocenters.